The summed E-state index contributed by atoms with van der Waals surface area (Å²) in [6.45, 7) is 3.42. The van der Waals surface area contributed by atoms with Crippen LogP contribution in [0.15, 0.2) is 36.5 Å². The number of anilines is 2. The van der Waals surface area contributed by atoms with Crippen LogP contribution in [0.1, 0.15) is 30.9 Å². The number of hydrogen-bond donors (Lipinski definition) is 2. The molecule has 0 saturated carbocycles. The predicted molar refractivity (Wildman–Crippen MR) is 118 cm³/mol. The van der Waals surface area contributed by atoms with Crippen LogP contribution in [0.2, 0.25) is 0 Å². The van der Waals surface area contributed by atoms with E-state index in [-0.39, 0.29) is 41.5 Å². The standard InChI is InChI=1S/C23H17F2N7O2/c1-23(2)15-14-17(29-21(15)33)27-19(28-18(14)30-22(23)34)16-12-7-11(24)8-26-20(12)32(31-16)9-10-5-3-4-6-13(10)25/h3-8,15H,9H2,1-2H3,(H2,27,28,29,30,33,34). The van der Waals surface area contributed by atoms with Gasteiger partial charge in [-0.1, -0.05) is 18.2 Å². The number of carbonyl (C=O) groups is 2. The Kier molecular flexibility index (Phi) is 4.10. The lowest BCUT2D eigenvalue weighted by Crippen LogP contribution is -2.43. The van der Waals surface area contributed by atoms with E-state index in [1.54, 1.807) is 32.0 Å². The average molecular weight is 461 g/mol. The molecule has 9 nitrogen and oxygen atoms in total. The van der Waals surface area contributed by atoms with Crippen molar-refractivity contribution < 1.29 is 18.4 Å². The number of pyridine rings is 1. The van der Waals surface area contributed by atoms with Crippen LogP contribution in [-0.4, -0.2) is 36.5 Å². The van der Waals surface area contributed by atoms with Gasteiger partial charge in [-0.2, -0.15) is 5.10 Å². The molecule has 34 heavy (non-hydrogen) atoms. The minimum atomic E-state index is -0.978. The highest BCUT2D eigenvalue weighted by Gasteiger charge is 2.52. The molecule has 2 N–H and O–H groups in total. The van der Waals surface area contributed by atoms with Gasteiger partial charge in [0.2, 0.25) is 11.8 Å². The molecule has 0 spiro atoms. The zero-order chi connectivity index (χ0) is 23.8. The van der Waals surface area contributed by atoms with Crippen LogP contribution in [0.5, 0.6) is 0 Å². The number of amides is 2. The molecular weight excluding hydrogens is 444 g/mol. The van der Waals surface area contributed by atoms with Crippen LogP contribution in [0.4, 0.5) is 20.4 Å². The Balaban J connectivity index is 1.53. The van der Waals surface area contributed by atoms with Gasteiger partial charge in [-0.05, 0) is 26.0 Å². The van der Waals surface area contributed by atoms with E-state index in [0.29, 0.717) is 22.2 Å². The molecule has 0 fully saturated rings. The van der Waals surface area contributed by atoms with E-state index in [4.69, 9.17) is 0 Å². The molecule has 4 aromatic rings. The topological polar surface area (TPSA) is 115 Å². The second-order valence-corrected chi connectivity index (χ2v) is 8.88. The first-order valence-electron chi connectivity index (χ1n) is 10.5. The Hall–Kier alpha value is -4.28. The second-order valence-electron chi connectivity index (χ2n) is 8.88. The van der Waals surface area contributed by atoms with Crippen molar-refractivity contribution in [2.24, 2.45) is 5.41 Å². The third-order valence-electron chi connectivity index (χ3n) is 6.32. The Morgan fingerprint density at radius 3 is 2.59 bits per heavy atom. The zero-order valence-electron chi connectivity index (χ0n) is 18.1. The molecular formula is C23H17F2N7O2. The van der Waals surface area contributed by atoms with Gasteiger partial charge in [-0.25, -0.2) is 28.4 Å². The van der Waals surface area contributed by atoms with Gasteiger partial charge < -0.3 is 10.6 Å². The first-order chi connectivity index (χ1) is 16.2. The van der Waals surface area contributed by atoms with Crippen molar-refractivity contribution >= 4 is 34.5 Å². The van der Waals surface area contributed by atoms with Crippen molar-refractivity contribution in [2.45, 2.75) is 26.3 Å². The van der Waals surface area contributed by atoms with Crippen molar-refractivity contribution in [1.82, 2.24) is 24.7 Å². The number of benzene rings is 1. The van der Waals surface area contributed by atoms with Crippen molar-refractivity contribution in [3.05, 3.63) is 59.3 Å². The zero-order valence-corrected chi connectivity index (χ0v) is 18.1. The smallest absolute Gasteiger partial charge is 0.234 e. The molecule has 0 radical (unpaired) electrons. The number of carbonyl (C=O) groups excluding carboxylic acids is 2. The number of halogens is 2. The van der Waals surface area contributed by atoms with E-state index < -0.39 is 23.0 Å². The van der Waals surface area contributed by atoms with E-state index in [9.17, 15) is 18.4 Å². The normalized spacial score (nSPS) is 18.1. The fourth-order valence-corrected chi connectivity index (χ4v) is 4.54. The Labute approximate surface area is 191 Å². The van der Waals surface area contributed by atoms with Gasteiger partial charge in [0.05, 0.1) is 35.0 Å². The predicted octanol–water partition coefficient (Wildman–Crippen LogP) is 3.23. The van der Waals surface area contributed by atoms with Crippen LogP contribution < -0.4 is 10.6 Å². The van der Waals surface area contributed by atoms with E-state index in [2.05, 4.69) is 30.7 Å². The highest BCUT2D eigenvalue weighted by molar-refractivity contribution is 6.13. The Morgan fingerprint density at radius 2 is 1.82 bits per heavy atom. The lowest BCUT2D eigenvalue weighted by atomic mass is 9.73. The molecule has 2 aliphatic rings. The summed E-state index contributed by atoms with van der Waals surface area (Å²) in [5.74, 6) is -1.88. The lowest BCUT2D eigenvalue weighted by molar-refractivity contribution is -0.131. The molecule has 2 amide bonds. The fourth-order valence-electron chi connectivity index (χ4n) is 4.54. The number of fused-ring (bicyclic) bond motifs is 1. The van der Waals surface area contributed by atoms with Crippen LogP contribution in [0.25, 0.3) is 22.6 Å². The maximum absolute atomic E-state index is 14.3. The summed E-state index contributed by atoms with van der Waals surface area (Å²) in [6, 6.07) is 7.49. The molecule has 6 rings (SSSR count). The highest BCUT2D eigenvalue weighted by Crippen LogP contribution is 2.50. The van der Waals surface area contributed by atoms with Crippen molar-refractivity contribution in [3.8, 4) is 11.5 Å². The summed E-state index contributed by atoms with van der Waals surface area (Å²) < 4.78 is 29.8. The molecule has 170 valence electrons. The Morgan fingerprint density at radius 1 is 1.09 bits per heavy atom. The third kappa shape index (κ3) is 2.82. The molecule has 1 atom stereocenters. The van der Waals surface area contributed by atoms with Gasteiger partial charge in [-0.3, -0.25) is 9.59 Å². The van der Waals surface area contributed by atoms with Gasteiger partial charge in [0.15, 0.2) is 11.5 Å². The molecule has 2 aliphatic heterocycles. The quantitative estimate of drug-likeness (QED) is 0.484. The first kappa shape index (κ1) is 20.3. The highest BCUT2D eigenvalue weighted by atomic mass is 19.1. The minimum absolute atomic E-state index is 0.0450. The first-order valence-corrected chi connectivity index (χ1v) is 10.5. The second kappa shape index (κ2) is 6.86. The summed E-state index contributed by atoms with van der Waals surface area (Å²) in [4.78, 5) is 38.5. The lowest BCUT2D eigenvalue weighted by Gasteiger charge is -2.33. The molecule has 3 aromatic heterocycles. The number of nitrogens with one attached hydrogen (secondary N) is 2. The maximum atomic E-state index is 14.3. The van der Waals surface area contributed by atoms with E-state index in [0.717, 1.165) is 6.20 Å². The van der Waals surface area contributed by atoms with Crippen molar-refractivity contribution in [1.29, 1.82) is 0 Å². The van der Waals surface area contributed by atoms with E-state index in [1.807, 2.05) is 0 Å². The van der Waals surface area contributed by atoms with Crippen LogP contribution >= 0.6 is 0 Å². The van der Waals surface area contributed by atoms with E-state index >= 15 is 0 Å². The summed E-state index contributed by atoms with van der Waals surface area (Å²) >= 11 is 0. The maximum Gasteiger partial charge on any atom is 0.234 e. The van der Waals surface area contributed by atoms with Crippen molar-refractivity contribution in [3.63, 3.8) is 0 Å². The molecule has 0 bridgehead atoms. The van der Waals surface area contributed by atoms with Gasteiger partial charge >= 0.3 is 0 Å². The summed E-state index contributed by atoms with van der Waals surface area (Å²) in [5, 5.41) is 10.3. The molecule has 1 aromatic carbocycles. The summed E-state index contributed by atoms with van der Waals surface area (Å²) in [6.07, 6.45) is 1.05. The largest absolute Gasteiger partial charge is 0.310 e. The van der Waals surface area contributed by atoms with Crippen molar-refractivity contribution in [2.75, 3.05) is 10.6 Å². The monoisotopic (exact) mass is 461 g/mol. The van der Waals surface area contributed by atoms with Gasteiger partial charge in [0.25, 0.3) is 0 Å². The Bertz CT molecular complexity index is 1550. The van der Waals surface area contributed by atoms with Crippen LogP contribution in [0, 0.1) is 17.0 Å². The van der Waals surface area contributed by atoms with E-state index in [1.165, 1.54) is 16.8 Å². The summed E-state index contributed by atoms with van der Waals surface area (Å²) in [7, 11) is 0. The molecule has 11 heteroatoms. The molecule has 0 aliphatic carbocycles. The van der Waals surface area contributed by atoms with Crippen LogP contribution in [-0.2, 0) is 16.1 Å². The molecule has 1 unspecified atom stereocenters. The average Bonchev–Trinajstić information content (AvgIpc) is 3.31. The number of nitrogens with zero attached hydrogens (tertiary/aromatic N) is 5. The van der Waals surface area contributed by atoms with Crippen LogP contribution in [0.3, 0.4) is 0 Å². The van der Waals surface area contributed by atoms with Gasteiger partial charge in [0, 0.05) is 5.56 Å². The molecule has 5 heterocycles. The minimum Gasteiger partial charge on any atom is -0.310 e. The van der Waals surface area contributed by atoms with Gasteiger partial charge in [-0.15, -0.1) is 0 Å². The molecule has 0 saturated heterocycles. The number of rotatable bonds is 3. The van der Waals surface area contributed by atoms with Gasteiger partial charge in [0.1, 0.15) is 29.0 Å². The third-order valence-corrected chi connectivity index (χ3v) is 6.32. The number of hydrogen-bond acceptors (Lipinski definition) is 6. The fraction of sp³-hybridized carbons (Fsp3) is 0.217. The number of aromatic nitrogens is 5. The SMILES string of the molecule is CC1(C)C(=O)Nc2nc(-c3nn(Cc4ccccc4F)c4ncc(F)cc34)nc3c2C1C(=O)N3. The summed E-state index contributed by atoms with van der Waals surface area (Å²) in [5.41, 5.74) is 0.407.